The lowest BCUT2D eigenvalue weighted by molar-refractivity contribution is -0.145. The molecule has 1 aliphatic rings. The number of rotatable bonds is 3. The van der Waals surface area contributed by atoms with E-state index in [-0.39, 0.29) is 24.4 Å². The van der Waals surface area contributed by atoms with Gasteiger partial charge in [-0.05, 0) is 38.1 Å². The van der Waals surface area contributed by atoms with Crippen molar-refractivity contribution in [3.05, 3.63) is 29.8 Å². The highest BCUT2D eigenvalue weighted by atomic mass is 19.1. The Hall–Kier alpha value is -3.11. The molecule has 0 bridgehead atoms. The SMILES string of the molecule is COC(=O)[C@@H]1C[C@H](n2nnc(-c3ccc(F)cc3F)n2)CN1C(=O)OC(C)(C)C. The van der Waals surface area contributed by atoms with Crippen molar-refractivity contribution in [2.45, 2.75) is 44.9 Å². The van der Waals surface area contributed by atoms with Crippen LogP contribution < -0.4 is 0 Å². The van der Waals surface area contributed by atoms with Crippen LogP contribution in [0.1, 0.15) is 33.2 Å². The fraction of sp³-hybridized carbons (Fsp3) is 0.500. The van der Waals surface area contributed by atoms with Crippen LogP contribution in [0.2, 0.25) is 0 Å². The van der Waals surface area contributed by atoms with E-state index >= 15 is 0 Å². The molecule has 1 aliphatic heterocycles. The average Bonchev–Trinajstić information content (AvgIpc) is 3.26. The third-order valence-corrected chi connectivity index (χ3v) is 4.31. The monoisotopic (exact) mass is 409 g/mol. The fourth-order valence-corrected chi connectivity index (χ4v) is 3.02. The van der Waals surface area contributed by atoms with Gasteiger partial charge in [0.25, 0.3) is 0 Å². The molecule has 156 valence electrons. The van der Waals surface area contributed by atoms with Gasteiger partial charge >= 0.3 is 12.1 Å². The molecule has 2 aromatic rings. The predicted molar refractivity (Wildman–Crippen MR) is 95.6 cm³/mol. The summed E-state index contributed by atoms with van der Waals surface area (Å²) in [6, 6.07) is 1.65. The molecule has 1 aromatic heterocycles. The van der Waals surface area contributed by atoms with Crippen LogP contribution in [0.15, 0.2) is 18.2 Å². The van der Waals surface area contributed by atoms with E-state index in [1.165, 1.54) is 22.9 Å². The van der Waals surface area contributed by atoms with Crippen molar-refractivity contribution in [3.8, 4) is 11.4 Å². The van der Waals surface area contributed by atoms with E-state index in [2.05, 4.69) is 15.4 Å². The van der Waals surface area contributed by atoms with Gasteiger partial charge in [-0.25, -0.2) is 18.4 Å². The minimum Gasteiger partial charge on any atom is -0.467 e. The first-order chi connectivity index (χ1) is 13.6. The average molecular weight is 409 g/mol. The molecule has 1 aromatic carbocycles. The molecule has 29 heavy (non-hydrogen) atoms. The number of esters is 1. The molecule has 0 saturated carbocycles. The molecule has 1 fully saturated rings. The first-order valence-corrected chi connectivity index (χ1v) is 8.91. The van der Waals surface area contributed by atoms with Gasteiger partial charge in [0.05, 0.1) is 18.7 Å². The van der Waals surface area contributed by atoms with Crippen LogP contribution in [0.25, 0.3) is 11.4 Å². The van der Waals surface area contributed by atoms with Gasteiger partial charge in [0.15, 0.2) is 0 Å². The van der Waals surface area contributed by atoms with Gasteiger partial charge in [0.2, 0.25) is 5.82 Å². The smallest absolute Gasteiger partial charge is 0.411 e. The standard InChI is InChI=1S/C18H21F2N5O4/c1-18(2,3)29-17(27)24-9-11(8-14(24)16(26)28-4)25-22-15(21-23-25)12-6-5-10(19)7-13(12)20/h5-7,11,14H,8-9H2,1-4H3/t11-,14-/m0/s1. The van der Waals surface area contributed by atoms with E-state index in [1.807, 2.05) is 0 Å². The Kier molecular flexibility index (Phi) is 5.49. The quantitative estimate of drug-likeness (QED) is 0.718. The lowest BCUT2D eigenvalue weighted by Gasteiger charge is -2.27. The number of ether oxygens (including phenoxy) is 2. The maximum absolute atomic E-state index is 14.0. The van der Waals surface area contributed by atoms with Gasteiger partial charge in [-0.3, -0.25) is 4.90 Å². The Bertz CT molecular complexity index is 927. The summed E-state index contributed by atoms with van der Waals surface area (Å²) in [4.78, 5) is 27.1. The second kappa shape index (κ2) is 7.72. The zero-order valence-electron chi connectivity index (χ0n) is 16.4. The maximum Gasteiger partial charge on any atom is 0.411 e. The van der Waals surface area contributed by atoms with E-state index in [0.29, 0.717) is 0 Å². The van der Waals surface area contributed by atoms with Crippen LogP contribution in [-0.4, -0.2) is 62.5 Å². The van der Waals surface area contributed by atoms with Crippen molar-refractivity contribution in [1.29, 1.82) is 0 Å². The molecule has 0 radical (unpaired) electrons. The van der Waals surface area contributed by atoms with E-state index in [0.717, 1.165) is 12.1 Å². The summed E-state index contributed by atoms with van der Waals surface area (Å²) in [6.45, 7) is 5.23. The van der Waals surface area contributed by atoms with E-state index in [4.69, 9.17) is 9.47 Å². The van der Waals surface area contributed by atoms with Gasteiger partial charge in [-0.15, -0.1) is 10.2 Å². The number of carbonyl (C=O) groups excluding carboxylic acids is 2. The van der Waals surface area contributed by atoms with E-state index in [1.54, 1.807) is 20.8 Å². The number of hydrogen-bond donors (Lipinski definition) is 0. The number of tetrazole rings is 1. The summed E-state index contributed by atoms with van der Waals surface area (Å²) < 4.78 is 37.2. The fourth-order valence-electron chi connectivity index (χ4n) is 3.02. The van der Waals surface area contributed by atoms with Gasteiger partial charge in [-0.2, -0.15) is 4.80 Å². The summed E-state index contributed by atoms with van der Waals surface area (Å²) in [5.74, 6) is -2.17. The highest BCUT2D eigenvalue weighted by Gasteiger charge is 2.43. The van der Waals surface area contributed by atoms with Crippen molar-refractivity contribution in [1.82, 2.24) is 25.1 Å². The third-order valence-electron chi connectivity index (χ3n) is 4.31. The number of aromatic nitrogens is 4. The second-order valence-electron chi connectivity index (χ2n) is 7.62. The normalized spacial score (nSPS) is 19.3. The number of halogens is 2. The summed E-state index contributed by atoms with van der Waals surface area (Å²) in [5.41, 5.74) is -0.751. The topological polar surface area (TPSA) is 99.4 Å². The number of methoxy groups -OCH3 is 1. The Morgan fingerprint density at radius 1 is 1.24 bits per heavy atom. The van der Waals surface area contributed by atoms with Crippen molar-refractivity contribution in [2.75, 3.05) is 13.7 Å². The molecule has 1 amide bonds. The highest BCUT2D eigenvalue weighted by molar-refractivity contribution is 5.82. The molecule has 9 nitrogen and oxygen atoms in total. The molecular weight excluding hydrogens is 388 g/mol. The van der Waals surface area contributed by atoms with Crippen LogP contribution in [-0.2, 0) is 14.3 Å². The first kappa shape index (κ1) is 20.6. The summed E-state index contributed by atoms with van der Waals surface area (Å²) >= 11 is 0. The minimum atomic E-state index is -0.878. The summed E-state index contributed by atoms with van der Waals surface area (Å²) in [5, 5.41) is 11.9. The Balaban J connectivity index is 1.83. The number of likely N-dealkylation sites (tertiary alicyclic amines) is 1. The van der Waals surface area contributed by atoms with Gasteiger partial charge in [0.1, 0.15) is 23.3 Å². The summed E-state index contributed by atoms with van der Waals surface area (Å²) in [6.07, 6.45) is -0.492. The van der Waals surface area contributed by atoms with Crippen molar-refractivity contribution in [3.63, 3.8) is 0 Å². The largest absolute Gasteiger partial charge is 0.467 e. The third kappa shape index (κ3) is 4.49. The summed E-state index contributed by atoms with van der Waals surface area (Å²) in [7, 11) is 1.23. The van der Waals surface area contributed by atoms with Crippen LogP contribution in [0.5, 0.6) is 0 Å². The van der Waals surface area contributed by atoms with Crippen molar-refractivity contribution < 1.29 is 27.8 Å². The van der Waals surface area contributed by atoms with Gasteiger partial charge in [-0.1, -0.05) is 0 Å². The lowest BCUT2D eigenvalue weighted by atomic mass is 10.2. The number of benzene rings is 1. The zero-order valence-corrected chi connectivity index (χ0v) is 16.4. The van der Waals surface area contributed by atoms with Crippen molar-refractivity contribution in [2.24, 2.45) is 0 Å². The molecule has 1 saturated heterocycles. The second-order valence-corrected chi connectivity index (χ2v) is 7.62. The molecule has 2 heterocycles. The van der Waals surface area contributed by atoms with Gasteiger partial charge < -0.3 is 9.47 Å². The van der Waals surface area contributed by atoms with E-state index < -0.39 is 41.4 Å². The van der Waals surface area contributed by atoms with Crippen LogP contribution in [0.3, 0.4) is 0 Å². The molecule has 2 atom stereocenters. The van der Waals surface area contributed by atoms with E-state index in [9.17, 15) is 18.4 Å². The molecule has 0 spiro atoms. The maximum atomic E-state index is 14.0. The molecule has 0 aliphatic carbocycles. The Morgan fingerprint density at radius 3 is 2.59 bits per heavy atom. The van der Waals surface area contributed by atoms with Crippen LogP contribution >= 0.6 is 0 Å². The van der Waals surface area contributed by atoms with Crippen LogP contribution in [0, 0.1) is 11.6 Å². The van der Waals surface area contributed by atoms with Crippen LogP contribution in [0.4, 0.5) is 13.6 Å². The highest BCUT2D eigenvalue weighted by Crippen LogP contribution is 2.29. The zero-order chi connectivity index (χ0) is 21.3. The number of hydrogen-bond acceptors (Lipinski definition) is 7. The number of nitrogens with zero attached hydrogens (tertiary/aromatic N) is 5. The van der Waals surface area contributed by atoms with Gasteiger partial charge in [0, 0.05) is 19.0 Å². The molecule has 3 rings (SSSR count). The first-order valence-electron chi connectivity index (χ1n) is 8.91. The number of carbonyl (C=O) groups is 2. The van der Waals surface area contributed by atoms with Crippen molar-refractivity contribution >= 4 is 12.1 Å². The molecule has 11 heteroatoms. The number of amides is 1. The molecular formula is C18H21F2N5O4. The minimum absolute atomic E-state index is 0.0100. The lowest BCUT2D eigenvalue weighted by Crippen LogP contribution is -2.43. The predicted octanol–water partition coefficient (Wildman–Crippen LogP) is 2.34. The Morgan fingerprint density at radius 2 is 1.97 bits per heavy atom. The molecule has 0 N–H and O–H groups in total. The Labute approximate surface area is 165 Å². The molecule has 0 unspecified atom stereocenters.